The van der Waals surface area contributed by atoms with Gasteiger partial charge in [0.1, 0.15) is 6.04 Å². The van der Waals surface area contributed by atoms with Crippen molar-refractivity contribution in [3.63, 3.8) is 0 Å². The Labute approximate surface area is 275 Å². The molecule has 0 aliphatic heterocycles. The van der Waals surface area contributed by atoms with Gasteiger partial charge in [0.05, 0.1) is 11.5 Å². The molecule has 0 aromatic carbocycles. The number of rotatable bonds is 20. The fourth-order valence-corrected chi connectivity index (χ4v) is 5.64. The van der Waals surface area contributed by atoms with Crippen LogP contribution in [0.3, 0.4) is 0 Å². The molecule has 0 bridgehead atoms. The molecule has 0 spiro atoms. The summed E-state index contributed by atoms with van der Waals surface area (Å²) in [4.78, 5) is 74.3. The van der Waals surface area contributed by atoms with Gasteiger partial charge in [-0.15, -0.1) is 0 Å². The highest BCUT2D eigenvalue weighted by Gasteiger charge is 2.40. The van der Waals surface area contributed by atoms with Gasteiger partial charge < -0.3 is 26.2 Å². The molecular weight excluding hydrogens is 592 g/mol. The predicted octanol–water partition coefficient (Wildman–Crippen LogP) is 3.97. The predicted molar refractivity (Wildman–Crippen MR) is 178 cm³/mol. The van der Waals surface area contributed by atoms with Gasteiger partial charge in [-0.3, -0.25) is 29.3 Å². The SMILES string of the molecule is C=C(CCCNC(=O)C(C)(C)CC(C)(C)NC(=O)CC[C@H](NC(=O)C(C)(C)CC(C)(C)C(=O)O)C(=O)O)[C@H](NC(C)(C)C)C(C)=O. The number of hydrogen-bond donors (Lipinski definition) is 6. The van der Waals surface area contributed by atoms with Crippen LogP contribution in [-0.2, 0) is 28.8 Å². The van der Waals surface area contributed by atoms with Crippen LogP contribution >= 0.6 is 0 Å². The van der Waals surface area contributed by atoms with E-state index in [1.54, 1.807) is 41.5 Å². The molecule has 12 nitrogen and oxygen atoms in total. The average molecular weight is 653 g/mol. The fourth-order valence-electron chi connectivity index (χ4n) is 5.64. The first kappa shape index (κ1) is 42.7. The number of ketones is 1. The van der Waals surface area contributed by atoms with E-state index in [2.05, 4.69) is 27.8 Å². The van der Waals surface area contributed by atoms with Crippen molar-refractivity contribution in [3.05, 3.63) is 12.2 Å². The topological polar surface area (TPSA) is 191 Å². The molecule has 0 saturated carbocycles. The largest absolute Gasteiger partial charge is 0.481 e. The number of aliphatic carboxylic acids is 2. The second-order valence-corrected chi connectivity index (χ2v) is 16.1. The van der Waals surface area contributed by atoms with E-state index in [9.17, 15) is 39.0 Å². The molecule has 0 aliphatic rings. The lowest BCUT2D eigenvalue weighted by Gasteiger charge is -2.35. The van der Waals surface area contributed by atoms with Crippen LogP contribution in [0.4, 0.5) is 0 Å². The molecule has 0 aromatic heterocycles. The minimum atomic E-state index is -1.35. The van der Waals surface area contributed by atoms with Crippen LogP contribution < -0.4 is 21.3 Å². The van der Waals surface area contributed by atoms with E-state index in [-0.39, 0.29) is 36.5 Å². The van der Waals surface area contributed by atoms with Crippen molar-refractivity contribution in [3.8, 4) is 0 Å². The summed E-state index contributed by atoms with van der Waals surface area (Å²) in [6, 6.07) is -1.80. The quantitative estimate of drug-likeness (QED) is 0.0834. The minimum absolute atomic E-state index is 0.0151. The van der Waals surface area contributed by atoms with Crippen molar-refractivity contribution >= 4 is 35.4 Å². The van der Waals surface area contributed by atoms with Gasteiger partial charge in [0, 0.05) is 34.9 Å². The molecule has 264 valence electrons. The molecule has 0 rings (SSSR count). The Bertz CT molecular complexity index is 1150. The molecule has 6 N–H and O–H groups in total. The molecule has 0 heterocycles. The lowest BCUT2D eigenvalue weighted by molar-refractivity contribution is -0.151. The summed E-state index contributed by atoms with van der Waals surface area (Å²) in [7, 11) is 0. The van der Waals surface area contributed by atoms with E-state index in [0.717, 1.165) is 5.57 Å². The van der Waals surface area contributed by atoms with Gasteiger partial charge in [-0.05, 0) is 87.5 Å². The second kappa shape index (κ2) is 16.5. The van der Waals surface area contributed by atoms with E-state index in [0.29, 0.717) is 25.8 Å². The Hall–Kier alpha value is -3.28. The molecule has 3 amide bonds. The van der Waals surface area contributed by atoms with E-state index in [1.165, 1.54) is 20.8 Å². The molecule has 46 heavy (non-hydrogen) atoms. The van der Waals surface area contributed by atoms with Gasteiger partial charge in [0.25, 0.3) is 0 Å². The summed E-state index contributed by atoms with van der Waals surface area (Å²) in [6.45, 7) is 25.1. The third kappa shape index (κ3) is 15.3. The summed E-state index contributed by atoms with van der Waals surface area (Å²) in [5.41, 5.74) is -3.53. The van der Waals surface area contributed by atoms with Crippen LogP contribution in [0.5, 0.6) is 0 Å². The smallest absolute Gasteiger partial charge is 0.326 e. The molecule has 2 atom stereocenters. The van der Waals surface area contributed by atoms with E-state index in [4.69, 9.17) is 0 Å². The Balaban J connectivity index is 5.05. The van der Waals surface area contributed by atoms with Crippen molar-refractivity contribution in [2.45, 2.75) is 145 Å². The van der Waals surface area contributed by atoms with Crippen molar-refractivity contribution in [2.24, 2.45) is 16.2 Å². The van der Waals surface area contributed by atoms with Gasteiger partial charge in [0.2, 0.25) is 17.7 Å². The van der Waals surface area contributed by atoms with E-state index in [1.807, 2.05) is 20.8 Å². The second-order valence-electron chi connectivity index (χ2n) is 16.1. The minimum Gasteiger partial charge on any atom is -0.481 e. The summed E-state index contributed by atoms with van der Waals surface area (Å²) in [6.07, 6.45) is 1.07. The Morgan fingerprint density at radius 2 is 1.26 bits per heavy atom. The highest BCUT2D eigenvalue weighted by molar-refractivity contribution is 5.88. The Morgan fingerprint density at radius 1 is 0.739 bits per heavy atom. The first-order chi connectivity index (χ1) is 20.5. The number of carbonyl (C=O) groups is 6. The number of carboxylic acids is 2. The third-order valence-electron chi connectivity index (χ3n) is 7.67. The maximum Gasteiger partial charge on any atom is 0.326 e. The van der Waals surface area contributed by atoms with Crippen molar-refractivity contribution in [1.29, 1.82) is 0 Å². The van der Waals surface area contributed by atoms with Crippen LogP contribution in [0.15, 0.2) is 12.2 Å². The first-order valence-corrected chi connectivity index (χ1v) is 15.9. The third-order valence-corrected chi connectivity index (χ3v) is 7.67. The standard InChI is InChI=1S/C34H60N4O8/c1-21(25(22(2)39)38-30(3,4)5)15-14-18-35-27(43)32(8,9)20-34(12,13)37-24(40)17-16-23(26(41)42)36-28(44)31(6,7)19-33(10,11)29(45)46/h23,25,38H,1,14-20H2,2-13H3,(H,35,43)(H,36,44)(H,37,40)(H,41,42)(H,45,46)/t23-,25-/m0/s1. The van der Waals surface area contributed by atoms with Crippen LogP contribution in [0.1, 0.15) is 122 Å². The normalized spacial score (nSPS) is 14.1. The fraction of sp³-hybridized carbons (Fsp3) is 0.765. The molecule has 0 aromatic rings. The van der Waals surface area contributed by atoms with Crippen LogP contribution in [0, 0.1) is 16.2 Å². The van der Waals surface area contributed by atoms with Crippen molar-refractivity contribution in [1.82, 2.24) is 21.3 Å². The van der Waals surface area contributed by atoms with E-state index >= 15 is 0 Å². The number of Topliss-reactive ketones (excluding diaryl/α,β-unsaturated/α-hetero) is 1. The molecule has 0 fully saturated rings. The maximum atomic E-state index is 13.0. The summed E-state index contributed by atoms with van der Waals surface area (Å²) >= 11 is 0. The van der Waals surface area contributed by atoms with Gasteiger partial charge >= 0.3 is 11.9 Å². The first-order valence-electron chi connectivity index (χ1n) is 15.9. The zero-order chi connectivity index (χ0) is 36.5. The van der Waals surface area contributed by atoms with Gasteiger partial charge in [-0.1, -0.05) is 39.8 Å². The Morgan fingerprint density at radius 3 is 1.72 bits per heavy atom. The lowest BCUT2D eigenvalue weighted by atomic mass is 9.74. The summed E-state index contributed by atoms with van der Waals surface area (Å²) in [5.74, 6) is -3.64. The summed E-state index contributed by atoms with van der Waals surface area (Å²) < 4.78 is 0. The van der Waals surface area contributed by atoms with Crippen LogP contribution in [0.25, 0.3) is 0 Å². The lowest BCUT2D eigenvalue weighted by Crippen LogP contribution is -2.51. The number of nitrogens with one attached hydrogen (secondary N) is 4. The molecule has 0 unspecified atom stereocenters. The van der Waals surface area contributed by atoms with Gasteiger partial charge in [0.15, 0.2) is 5.78 Å². The van der Waals surface area contributed by atoms with Crippen molar-refractivity contribution in [2.75, 3.05) is 6.54 Å². The number of amides is 3. The number of carboxylic acid groups (broad SMARTS) is 2. The maximum absolute atomic E-state index is 13.0. The highest BCUT2D eigenvalue weighted by atomic mass is 16.4. The molecule has 0 radical (unpaired) electrons. The Kier molecular flexibility index (Phi) is 15.3. The van der Waals surface area contributed by atoms with Crippen molar-refractivity contribution < 1.29 is 39.0 Å². The summed E-state index contributed by atoms with van der Waals surface area (Å²) in [5, 5.41) is 30.6. The zero-order valence-electron chi connectivity index (χ0n) is 30.2. The highest BCUT2D eigenvalue weighted by Crippen LogP contribution is 2.34. The molecular formula is C34H60N4O8. The molecule has 0 aliphatic carbocycles. The van der Waals surface area contributed by atoms with Gasteiger partial charge in [-0.25, -0.2) is 4.79 Å². The number of hydrogen-bond acceptors (Lipinski definition) is 7. The van der Waals surface area contributed by atoms with Crippen LogP contribution in [-0.4, -0.2) is 75.4 Å². The zero-order valence-corrected chi connectivity index (χ0v) is 30.2. The molecule has 12 heteroatoms. The van der Waals surface area contributed by atoms with Gasteiger partial charge in [-0.2, -0.15) is 0 Å². The average Bonchev–Trinajstić information content (AvgIpc) is 2.84. The monoisotopic (exact) mass is 652 g/mol. The van der Waals surface area contributed by atoms with Crippen LogP contribution in [0.2, 0.25) is 0 Å². The number of carbonyl (C=O) groups excluding carboxylic acids is 4. The molecule has 0 saturated heterocycles. The van der Waals surface area contributed by atoms with E-state index < -0.39 is 57.6 Å².